The molecule has 160 valence electrons. The minimum Gasteiger partial charge on any atom is -0.481 e. The summed E-state index contributed by atoms with van der Waals surface area (Å²) in [5.41, 5.74) is 0.523. The predicted molar refractivity (Wildman–Crippen MR) is 109 cm³/mol. The summed E-state index contributed by atoms with van der Waals surface area (Å²) in [6.07, 6.45) is 9.19. The van der Waals surface area contributed by atoms with Gasteiger partial charge in [0.2, 0.25) is 0 Å². The lowest BCUT2D eigenvalue weighted by Crippen LogP contribution is -2.58. The van der Waals surface area contributed by atoms with E-state index in [4.69, 9.17) is 5.11 Å². The Hall–Kier alpha value is -0.610. The molecule has 4 heteroatoms. The maximum Gasteiger partial charge on any atom is 0.303 e. The first-order valence-electron chi connectivity index (χ1n) is 11.7. The van der Waals surface area contributed by atoms with Crippen LogP contribution in [0, 0.1) is 46.3 Å². The number of rotatable bonds is 4. The van der Waals surface area contributed by atoms with E-state index in [-0.39, 0.29) is 29.5 Å². The summed E-state index contributed by atoms with van der Waals surface area (Å²) in [5.74, 6) is 2.36. The van der Waals surface area contributed by atoms with Crippen molar-refractivity contribution in [1.29, 1.82) is 0 Å². The number of hydrogen-bond donors (Lipinski definition) is 3. The second-order valence-corrected chi connectivity index (χ2v) is 11.4. The molecular formula is C24H40O4. The van der Waals surface area contributed by atoms with Crippen LogP contribution in [-0.4, -0.2) is 33.5 Å². The molecule has 4 fully saturated rings. The molecule has 0 bridgehead atoms. The number of carboxylic acids is 1. The maximum atomic E-state index is 11.2. The summed E-state index contributed by atoms with van der Waals surface area (Å²) in [4.78, 5) is 11.1. The Morgan fingerprint density at radius 1 is 1.00 bits per heavy atom. The first-order valence-corrected chi connectivity index (χ1v) is 11.7. The number of aliphatic hydroxyl groups is 2. The van der Waals surface area contributed by atoms with Gasteiger partial charge in [-0.25, -0.2) is 0 Å². The third kappa shape index (κ3) is 3.14. The topological polar surface area (TPSA) is 77.8 Å². The van der Waals surface area contributed by atoms with Gasteiger partial charge < -0.3 is 15.3 Å². The summed E-state index contributed by atoms with van der Waals surface area (Å²) >= 11 is 0. The minimum atomic E-state index is -0.684. The van der Waals surface area contributed by atoms with Crippen LogP contribution in [-0.2, 0) is 4.79 Å². The van der Waals surface area contributed by atoms with Crippen molar-refractivity contribution < 1.29 is 20.1 Å². The third-order valence-electron chi connectivity index (χ3n) is 10.2. The molecule has 0 aromatic heterocycles. The van der Waals surface area contributed by atoms with Gasteiger partial charge in [0.1, 0.15) is 0 Å². The molecule has 28 heavy (non-hydrogen) atoms. The second-order valence-electron chi connectivity index (χ2n) is 11.4. The van der Waals surface area contributed by atoms with Crippen LogP contribution in [0.2, 0.25) is 0 Å². The van der Waals surface area contributed by atoms with Gasteiger partial charge in [-0.05, 0) is 104 Å². The lowest BCUT2D eigenvalue weighted by Gasteiger charge is -2.62. The fraction of sp³-hybridized carbons (Fsp3) is 0.958. The molecule has 0 spiro atoms. The van der Waals surface area contributed by atoms with E-state index in [1.54, 1.807) is 0 Å². The van der Waals surface area contributed by atoms with Crippen molar-refractivity contribution in [3.05, 3.63) is 0 Å². The highest BCUT2D eigenvalue weighted by Gasteiger charge is 2.62. The van der Waals surface area contributed by atoms with Crippen LogP contribution in [0.5, 0.6) is 0 Å². The Labute approximate surface area is 170 Å². The van der Waals surface area contributed by atoms with Crippen molar-refractivity contribution in [1.82, 2.24) is 0 Å². The molecule has 0 radical (unpaired) electrons. The number of aliphatic carboxylic acids is 1. The summed E-state index contributed by atoms with van der Waals surface area (Å²) in [5, 5.41) is 30.5. The van der Waals surface area contributed by atoms with Crippen molar-refractivity contribution in [3.63, 3.8) is 0 Å². The van der Waals surface area contributed by atoms with Gasteiger partial charge in [-0.2, -0.15) is 0 Å². The highest BCUT2D eigenvalue weighted by molar-refractivity contribution is 5.66. The second kappa shape index (κ2) is 7.27. The average molecular weight is 393 g/mol. The molecule has 0 amide bonds. The molecule has 4 aliphatic carbocycles. The molecule has 10 atom stereocenters. The zero-order chi connectivity index (χ0) is 20.3. The lowest BCUT2D eigenvalue weighted by atomic mass is 9.43. The smallest absolute Gasteiger partial charge is 0.303 e. The Morgan fingerprint density at radius 3 is 2.39 bits per heavy atom. The molecular weight excluding hydrogens is 352 g/mol. The van der Waals surface area contributed by atoms with Crippen molar-refractivity contribution in [2.45, 2.75) is 97.2 Å². The molecule has 4 nitrogen and oxygen atoms in total. The molecule has 0 aromatic carbocycles. The normalized spacial score (nSPS) is 51.7. The van der Waals surface area contributed by atoms with Crippen LogP contribution in [0.15, 0.2) is 0 Å². The largest absolute Gasteiger partial charge is 0.481 e. The van der Waals surface area contributed by atoms with E-state index in [2.05, 4.69) is 20.8 Å². The van der Waals surface area contributed by atoms with Gasteiger partial charge in [0, 0.05) is 6.42 Å². The van der Waals surface area contributed by atoms with Crippen LogP contribution >= 0.6 is 0 Å². The zero-order valence-electron chi connectivity index (χ0n) is 17.9. The van der Waals surface area contributed by atoms with Gasteiger partial charge in [-0.1, -0.05) is 20.8 Å². The van der Waals surface area contributed by atoms with Crippen LogP contribution in [0.1, 0.15) is 85.0 Å². The fourth-order valence-electron chi connectivity index (χ4n) is 8.73. The Bertz CT molecular complexity index is 605. The summed E-state index contributed by atoms with van der Waals surface area (Å²) in [6.45, 7) is 7.16. The van der Waals surface area contributed by atoms with E-state index in [1.807, 2.05) is 0 Å². The number of fused-ring (bicyclic) bond motifs is 5. The van der Waals surface area contributed by atoms with Crippen LogP contribution < -0.4 is 0 Å². The number of carbonyl (C=O) groups is 1. The molecule has 0 saturated heterocycles. The number of hydrogen-bond acceptors (Lipinski definition) is 3. The lowest BCUT2D eigenvalue weighted by molar-refractivity contribution is -0.174. The van der Waals surface area contributed by atoms with E-state index in [1.165, 1.54) is 25.7 Å². The quantitative estimate of drug-likeness (QED) is 0.659. The van der Waals surface area contributed by atoms with Crippen LogP contribution in [0.25, 0.3) is 0 Å². The number of carboxylic acid groups (broad SMARTS) is 1. The first kappa shape index (κ1) is 20.7. The van der Waals surface area contributed by atoms with Gasteiger partial charge in [0.05, 0.1) is 12.2 Å². The number of aliphatic hydroxyl groups excluding tert-OH is 2. The standard InChI is InChI=1S/C24H40O4/c1-14(4-7-21(27)28)17-5-6-18-22-19(9-11-24(17,18)3)23(2)10-8-16(25)12-15(23)13-20(22)26/h14-20,22,25-26H,4-13H2,1-3H3,(H,27,28)/t14-,15+,16-,17+,18-,19-,20-,22+,23+,24-/m1/s1. The zero-order valence-corrected chi connectivity index (χ0v) is 17.9. The third-order valence-corrected chi connectivity index (χ3v) is 10.2. The van der Waals surface area contributed by atoms with Crippen molar-refractivity contribution in [2.75, 3.05) is 0 Å². The van der Waals surface area contributed by atoms with Gasteiger partial charge in [-0.15, -0.1) is 0 Å². The predicted octanol–water partition coefficient (Wildman–Crippen LogP) is 4.48. The summed E-state index contributed by atoms with van der Waals surface area (Å²) < 4.78 is 0. The molecule has 4 aliphatic rings. The maximum absolute atomic E-state index is 11.2. The molecule has 0 unspecified atom stereocenters. The molecule has 4 saturated carbocycles. The van der Waals surface area contributed by atoms with Crippen molar-refractivity contribution >= 4 is 5.97 Å². The molecule has 0 aliphatic heterocycles. The van der Waals surface area contributed by atoms with E-state index >= 15 is 0 Å². The van der Waals surface area contributed by atoms with Crippen molar-refractivity contribution in [2.24, 2.45) is 46.3 Å². The molecule has 0 heterocycles. The first-order chi connectivity index (χ1) is 13.2. The Morgan fingerprint density at radius 2 is 1.68 bits per heavy atom. The SMILES string of the molecule is C[C@H](CCC(=O)O)[C@@H]1CC[C@@H]2[C@@H]3[C@H](O)C[C@@H]4C[C@H](O)CC[C@]4(C)[C@@H]3CC[C@@]21C. The van der Waals surface area contributed by atoms with E-state index < -0.39 is 5.97 Å². The van der Waals surface area contributed by atoms with Crippen LogP contribution in [0.3, 0.4) is 0 Å². The molecule has 0 aromatic rings. The van der Waals surface area contributed by atoms with Crippen LogP contribution in [0.4, 0.5) is 0 Å². The van der Waals surface area contributed by atoms with E-state index in [0.29, 0.717) is 35.5 Å². The van der Waals surface area contributed by atoms with E-state index in [0.717, 1.165) is 32.1 Å². The highest BCUT2D eigenvalue weighted by atomic mass is 16.4. The van der Waals surface area contributed by atoms with Gasteiger partial charge >= 0.3 is 5.97 Å². The molecule has 3 N–H and O–H groups in total. The minimum absolute atomic E-state index is 0.179. The highest BCUT2D eigenvalue weighted by Crippen LogP contribution is 2.68. The monoisotopic (exact) mass is 392 g/mol. The van der Waals surface area contributed by atoms with Gasteiger partial charge in [0.15, 0.2) is 0 Å². The van der Waals surface area contributed by atoms with E-state index in [9.17, 15) is 15.0 Å². The Balaban J connectivity index is 1.55. The average Bonchev–Trinajstić information content (AvgIpc) is 2.98. The summed E-state index contributed by atoms with van der Waals surface area (Å²) in [6, 6.07) is 0. The van der Waals surface area contributed by atoms with Gasteiger partial charge in [-0.3, -0.25) is 4.79 Å². The fourth-order valence-corrected chi connectivity index (χ4v) is 8.73. The Kier molecular flexibility index (Phi) is 5.36. The van der Waals surface area contributed by atoms with Gasteiger partial charge in [0.25, 0.3) is 0 Å². The van der Waals surface area contributed by atoms with Crippen molar-refractivity contribution in [3.8, 4) is 0 Å². The molecule has 4 rings (SSSR count). The summed E-state index contributed by atoms with van der Waals surface area (Å²) in [7, 11) is 0.